The summed E-state index contributed by atoms with van der Waals surface area (Å²) in [5.41, 5.74) is 0.695. The van der Waals surface area contributed by atoms with Crippen molar-refractivity contribution >= 4 is 0 Å². The zero-order chi connectivity index (χ0) is 9.68. The van der Waals surface area contributed by atoms with E-state index in [1.807, 2.05) is 6.07 Å². The summed E-state index contributed by atoms with van der Waals surface area (Å²) in [4.78, 5) is 0. The van der Waals surface area contributed by atoms with Gasteiger partial charge in [0, 0.05) is 5.92 Å². The molecule has 1 aromatic rings. The van der Waals surface area contributed by atoms with Crippen LogP contribution in [0, 0.1) is 34.5 Å². The first-order valence-electron chi connectivity index (χ1n) is 3.41. The van der Waals surface area contributed by atoms with Gasteiger partial charge >= 0.3 is 0 Å². The zero-order valence-corrected chi connectivity index (χ0v) is 6.57. The first-order chi connectivity index (χ1) is 6.27. The minimum Gasteiger partial charge on any atom is -0.507 e. The highest BCUT2D eigenvalue weighted by molar-refractivity contribution is 5.51. The number of aromatic hydroxyl groups is 1. The van der Waals surface area contributed by atoms with Crippen LogP contribution in [0.5, 0.6) is 5.75 Å². The molecule has 1 N–H and O–H groups in total. The molecule has 0 spiro atoms. The van der Waals surface area contributed by atoms with Gasteiger partial charge in [0.2, 0.25) is 0 Å². The van der Waals surface area contributed by atoms with Crippen LogP contribution in [0.1, 0.15) is 11.1 Å². The first kappa shape index (κ1) is 8.65. The molecule has 0 fully saturated rings. The van der Waals surface area contributed by atoms with Crippen LogP contribution < -0.4 is 0 Å². The number of hydrogen-bond acceptors (Lipinski definition) is 3. The molecule has 0 unspecified atom stereocenters. The summed E-state index contributed by atoms with van der Waals surface area (Å²) in [5.74, 6) is 4.54. The van der Waals surface area contributed by atoms with E-state index in [4.69, 9.17) is 10.5 Å². The fourth-order valence-electron chi connectivity index (χ4n) is 0.801. The Morgan fingerprint density at radius 1 is 1.23 bits per heavy atom. The topological polar surface area (TPSA) is 67.8 Å². The van der Waals surface area contributed by atoms with E-state index < -0.39 is 0 Å². The SMILES string of the molecule is N#CC#Cc1cc(C#N)ccc1O. The Labute approximate surface area is 75.5 Å². The van der Waals surface area contributed by atoms with Gasteiger partial charge in [0.25, 0.3) is 0 Å². The van der Waals surface area contributed by atoms with E-state index in [-0.39, 0.29) is 5.75 Å². The highest BCUT2D eigenvalue weighted by atomic mass is 16.3. The number of hydrogen-bond donors (Lipinski definition) is 1. The van der Waals surface area contributed by atoms with Gasteiger partial charge in [-0.15, -0.1) is 0 Å². The highest BCUT2D eigenvalue weighted by Gasteiger charge is 1.98. The molecule has 0 amide bonds. The number of phenols is 1. The van der Waals surface area contributed by atoms with Gasteiger partial charge < -0.3 is 5.11 Å². The quantitative estimate of drug-likeness (QED) is 0.590. The summed E-state index contributed by atoms with van der Waals surface area (Å²) in [6.45, 7) is 0. The number of nitrogens with zero attached hydrogens (tertiary/aromatic N) is 2. The van der Waals surface area contributed by atoms with Crippen molar-refractivity contribution in [2.24, 2.45) is 0 Å². The van der Waals surface area contributed by atoms with Crippen molar-refractivity contribution in [2.75, 3.05) is 0 Å². The van der Waals surface area contributed by atoms with Crippen molar-refractivity contribution in [3.05, 3.63) is 29.3 Å². The van der Waals surface area contributed by atoms with Crippen molar-refractivity contribution in [2.45, 2.75) is 0 Å². The van der Waals surface area contributed by atoms with Crippen molar-refractivity contribution in [1.29, 1.82) is 10.5 Å². The van der Waals surface area contributed by atoms with Crippen LogP contribution in [0.3, 0.4) is 0 Å². The van der Waals surface area contributed by atoms with Gasteiger partial charge in [0.15, 0.2) is 6.07 Å². The summed E-state index contributed by atoms with van der Waals surface area (Å²) in [7, 11) is 0. The van der Waals surface area contributed by atoms with Crippen LogP contribution in [0.2, 0.25) is 0 Å². The summed E-state index contributed by atoms with van der Waals surface area (Å²) >= 11 is 0. The molecule has 13 heavy (non-hydrogen) atoms. The van der Waals surface area contributed by atoms with E-state index in [1.54, 1.807) is 6.07 Å². The lowest BCUT2D eigenvalue weighted by Crippen LogP contribution is -1.79. The van der Waals surface area contributed by atoms with Crippen molar-refractivity contribution in [3.63, 3.8) is 0 Å². The van der Waals surface area contributed by atoms with Crippen LogP contribution in [-0.4, -0.2) is 5.11 Å². The average Bonchev–Trinajstić information content (AvgIpc) is 2.17. The molecular formula is C10H4N2O. The lowest BCUT2D eigenvalue weighted by atomic mass is 10.1. The Morgan fingerprint density at radius 2 is 2.00 bits per heavy atom. The largest absolute Gasteiger partial charge is 0.507 e. The van der Waals surface area contributed by atoms with Crippen LogP contribution in [-0.2, 0) is 0 Å². The molecule has 0 aliphatic rings. The predicted octanol–water partition coefficient (Wildman–Crippen LogP) is 1.14. The molecule has 0 radical (unpaired) electrons. The van der Waals surface area contributed by atoms with Crippen LogP contribution in [0.25, 0.3) is 0 Å². The predicted molar refractivity (Wildman–Crippen MR) is 45.3 cm³/mol. The molecule has 0 aliphatic heterocycles. The van der Waals surface area contributed by atoms with E-state index >= 15 is 0 Å². The Morgan fingerprint density at radius 3 is 2.62 bits per heavy atom. The van der Waals surface area contributed by atoms with Crippen LogP contribution in [0.4, 0.5) is 0 Å². The number of phenolic OH excluding ortho intramolecular Hbond substituents is 1. The van der Waals surface area contributed by atoms with E-state index in [0.29, 0.717) is 11.1 Å². The number of rotatable bonds is 0. The molecule has 0 aromatic heterocycles. The molecule has 3 heteroatoms. The van der Waals surface area contributed by atoms with Gasteiger partial charge in [0.05, 0.1) is 17.2 Å². The Balaban J connectivity index is 3.23. The van der Waals surface area contributed by atoms with Gasteiger partial charge in [0.1, 0.15) is 5.75 Å². The lowest BCUT2D eigenvalue weighted by Gasteiger charge is -1.95. The van der Waals surface area contributed by atoms with Gasteiger partial charge in [-0.2, -0.15) is 10.5 Å². The minimum absolute atomic E-state index is 0.0262. The van der Waals surface area contributed by atoms with Gasteiger partial charge in [-0.1, -0.05) is 0 Å². The summed E-state index contributed by atoms with van der Waals surface area (Å²) in [6.07, 6.45) is 0. The molecule has 1 aromatic carbocycles. The van der Waals surface area contributed by atoms with E-state index in [2.05, 4.69) is 11.8 Å². The second-order valence-corrected chi connectivity index (χ2v) is 2.21. The summed E-state index contributed by atoms with van der Waals surface area (Å²) < 4.78 is 0. The number of benzene rings is 1. The van der Waals surface area contributed by atoms with Gasteiger partial charge in [-0.25, -0.2) is 0 Å². The maximum Gasteiger partial charge on any atom is 0.152 e. The van der Waals surface area contributed by atoms with Gasteiger partial charge in [-0.05, 0) is 24.1 Å². The molecule has 60 valence electrons. The molecule has 3 nitrogen and oxygen atoms in total. The minimum atomic E-state index is -0.0262. The molecule has 0 saturated heterocycles. The molecule has 0 aliphatic carbocycles. The highest BCUT2D eigenvalue weighted by Crippen LogP contribution is 2.16. The molecule has 0 atom stereocenters. The molecular weight excluding hydrogens is 164 g/mol. The molecule has 0 heterocycles. The average molecular weight is 168 g/mol. The summed E-state index contributed by atoms with van der Waals surface area (Å²) in [5, 5.41) is 25.9. The van der Waals surface area contributed by atoms with Crippen molar-refractivity contribution in [1.82, 2.24) is 0 Å². The fourth-order valence-corrected chi connectivity index (χ4v) is 0.801. The third-order valence-corrected chi connectivity index (χ3v) is 1.38. The summed E-state index contributed by atoms with van der Waals surface area (Å²) in [6, 6.07) is 7.82. The van der Waals surface area contributed by atoms with E-state index in [9.17, 15) is 5.11 Å². The fraction of sp³-hybridized carbons (Fsp3) is 0. The third-order valence-electron chi connectivity index (χ3n) is 1.38. The Bertz CT molecular complexity index is 466. The van der Waals surface area contributed by atoms with Crippen LogP contribution in [0.15, 0.2) is 18.2 Å². The van der Waals surface area contributed by atoms with E-state index in [1.165, 1.54) is 18.2 Å². The second-order valence-electron chi connectivity index (χ2n) is 2.21. The van der Waals surface area contributed by atoms with Crippen molar-refractivity contribution in [3.8, 4) is 29.7 Å². The zero-order valence-electron chi connectivity index (χ0n) is 6.57. The normalized spacial score (nSPS) is 7.54. The monoisotopic (exact) mass is 168 g/mol. The molecule has 0 saturated carbocycles. The first-order valence-corrected chi connectivity index (χ1v) is 3.41. The number of nitriles is 2. The molecule has 0 bridgehead atoms. The van der Waals surface area contributed by atoms with Crippen molar-refractivity contribution < 1.29 is 5.11 Å². The van der Waals surface area contributed by atoms with Gasteiger partial charge in [-0.3, -0.25) is 0 Å². The third kappa shape index (κ3) is 1.99. The van der Waals surface area contributed by atoms with Crippen LogP contribution >= 0.6 is 0 Å². The Kier molecular flexibility index (Phi) is 2.54. The molecule has 1 rings (SSSR count). The van der Waals surface area contributed by atoms with E-state index in [0.717, 1.165) is 0 Å². The second kappa shape index (κ2) is 3.81. The smallest absolute Gasteiger partial charge is 0.152 e. The maximum atomic E-state index is 9.24. The standard InChI is InChI=1S/C10H4N2O/c11-5-1-2-9-6-8(7-12)3-4-10(9)13/h3-4,6,13H. The maximum absolute atomic E-state index is 9.24. The lowest BCUT2D eigenvalue weighted by molar-refractivity contribution is 0.473. The Hall–Kier alpha value is -2.44.